The molecule has 3 aromatic carbocycles. The van der Waals surface area contributed by atoms with Gasteiger partial charge in [-0.3, -0.25) is 5.41 Å². The van der Waals surface area contributed by atoms with Crippen LogP contribution >= 0.6 is 59.9 Å². The second kappa shape index (κ2) is 49.5. The molecule has 0 fully saturated rings. The van der Waals surface area contributed by atoms with Gasteiger partial charge in [-0.15, -0.1) is 0 Å². The number of nitrogen functional groups attached to an aromatic ring is 2. The van der Waals surface area contributed by atoms with Gasteiger partial charge >= 0.3 is 88.7 Å². The Hall–Kier alpha value is -2.45. The normalized spacial score (nSPS) is 9.34. The summed E-state index contributed by atoms with van der Waals surface area (Å²) >= 11 is 23.0. The first-order chi connectivity index (χ1) is 36.2. The molecule has 20 nitrogen and oxygen atoms in total. The second-order valence-corrected chi connectivity index (χ2v) is 20.8. The molecule has 8 N–H and O–H groups in total. The van der Waals surface area contributed by atoms with Gasteiger partial charge in [0, 0.05) is 110 Å². The van der Waals surface area contributed by atoms with Crippen LogP contribution in [0.25, 0.3) is 0 Å². The van der Waals surface area contributed by atoms with E-state index < -0.39 is 55.9 Å². The number of anilines is 2. The Bertz CT molecular complexity index is 3330. The fourth-order valence-corrected chi connectivity index (χ4v) is 5.93. The van der Waals surface area contributed by atoms with Crippen molar-refractivity contribution in [1.82, 2.24) is 19.6 Å². The molecule has 0 aliphatic rings. The molecular formula is C40H42B12Cl2N11Na3O9S6. The van der Waals surface area contributed by atoms with Crippen molar-refractivity contribution in [3.8, 4) is 0 Å². The molecule has 2 aromatic heterocycles. The molecule has 2 heterocycles. The van der Waals surface area contributed by atoms with Gasteiger partial charge in [0.15, 0.2) is 3.78 Å². The van der Waals surface area contributed by atoms with E-state index in [0.717, 1.165) is 22.8 Å². The fourth-order valence-electron chi connectivity index (χ4n) is 4.20. The zero-order valence-corrected chi connectivity index (χ0v) is 57.6. The fraction of sp³-hybridized carbons (Fsp3) is 0.125. The molecule has 16 radical (unpaired) electrons. The number of thiocarbonyl (C=S) groups is 3. The molecule has 0 spiro atoms. The van der Waals surface area contributed by atoms with E-state index in [1.807, 2.05) is 39.8 Å². The van der Waals surface area contributed by atoms with E-state index >= 15 is 0 Å². The molecule has 0 aliphatic heterocycles. The monoisotopic (exact) mass is 1280 g/mol. The largest absolute Gasteiger partial charge is 1.00 e. The van der Waals surface area contributed by atoms with E-state index in [-0.39, 0.29) is 132 Å². The van der Waals surface area contributed by atoms with Gasteiger partial charge in [-0.25, -0.2) is 34.6 Å². The van der Waals surface area contributed by atoms with Gasteiger partial charge in [-0.1, -0.05) is 54.3 Å². The Kier molecular flexibility index (Phi) is 56.2. The number of aliphatic imine (C=N–C) groups is 2. The zero-order valence-electron chi connectivity index (χ0n) is 45.2. The summed E-state index contributed by atoms with van der Waals surface area (Å²) in [5.74, 6) is 0.0671. The standard InChI is InChI=1S/C13H15N5O3S2.C7H5NO3S2.C6H10N4.C6H7NO3S.C6H4.CCl2S.CH4.2B6.3Na/c1-8-7-9(2)18(17-8)12(14)16-13(22)15-10-3-5-11(6-4-10)23(19,20)21;9-13(10,11)7-3-1-6(2-4-7)8-5-12;1-4-3-5(2)10(9-4)6(7)8;7-5-1-3-6(4-2-5)11(8,9)10;1-3-5-6-4-2;2-1(3)4;;2*1-5(2)6(3)4;;;/h3-7H,1-2H3,(H,19,20,21)(H3,14,15,16,22);1-4H,(H,9,10,11);3H,1-2H3,(H3,7,8);1-4H,7H2,(H,8,9,10);1-2H2;;1H4;;;;;/q;;;;;;;;;3*+1/p-3. The first-order valence-corrected chi connectivity index (χ1v) is 27.0. The van der Waals surface area contributed by atoms with Gasteiger partial charge in [0.05, 0.1) is 36.9 Å². The third kappa shape index (κ3) is 48.3. The molecule has 0 saturated carbocycles. The number of aromatic nitrogens is 4. The first-order valence-electron chi connectivity index (χ1n) is 20.8. The van der Waals surface area contributed by atoms with E-state index in [1.54, 1.807) is 0 Å². The molecule has 0 unspecified atom stereocenters. The van der Waals surface area contributed by atoms with Crippen molar-refractivity contribution >= 4 is 221 Å². The van der Waals surface area contributed by atoms with E-state index in [1.165, 1.54) is 82.2 Å². The summed E-state index contributed by atoms with van der Waals surface area (Å²) in [5.41, 5.74) is 30.6. The number of benzene rings is 3. The average Bonchev–Trinajstić information content (AvgIpc) is 3.86. The number of isothiocyanates is 1. The van der Waals surface area contributed by atoms with E-state index in [0.29, 0.717) is 17.1 Å². The Labute approximate surface area is 592 Å². The minimum Gasteiger partial charge on any atom is -0.744 e. The van der Waals surface area contributed by atoms with Gasteiger partial charge in [-0.05, 0) is 162 Å². The van der Waals surface area contributed by atoms with E-state index in [9.17, 15) is 38.9 Å². The molecule has 5 rings (SSSR count). The van der Waals surface area contributed by atoms with Crippen LogP contribution in [0.3, 0.4) is 0 Å². The minimum absolute atomic E-state index is 0. The summed E-state index contributed by atoms with van der Waals surface area (Å²) in [6, 6.07) is 19.1. The summed E-state index contributed by atoms with van der Waals surface area (Å²) < 4.78 is 97.8. The molecule has 0 amide bonds. The van der Waals surface area contributed by atoms with Gasteiger partial charge < -0.3 is 36.2 Å². The number of hydrogen-bond donors (Lipinski definition) is 5. The van der Waals surface area contributed by atoms with Crippen LogP contribution in [0.2, 0.25) is 0 Å². The number of nitrogens with zero attached hydrogens (tertiary/aromatic N) is 6. The van der Waals surface area contributed by atoms with Crippen molar-refractivity contribution in [1.29, 1.82) is 5.41 Å². The van der Waals surface area contributed by atoms with Crippen molar-refractivity contribution in [2.45, 2.75) is 49.8 Å². The van der Waals surface area contributed by atoms with Crippen LogP contribution in [-0.2, 0) is 30.4 Å². The molecule has 5 aromatic rings. The Morgan fingerprint density at radius 1 is 0.651 bits per heavy atom. The van der Waals surface area contributed by atoms with Crippen LogP contribution in [-0.4, -0.2) is 172 Å². The van der Waals surface area contributed by atoms with Gasteiger partial charge in [-0.2, -0.15) is 20.2 Å². The Morgan fingerprint density at radius 3 is 1.19 bits per heavy atom. The summed E-state index contributed by atoms with van der Waals surface area (Å²) in [6.45, 7) is 13.9. The number of hydrogen-bond acceptors (Lipinski definition) is 17. The average molecular weight is 1280 g/mol. The van der Waals surface area contributed by atoms with E-state index in [4.69, 9.17) is 120 Å². The Balaban J connectivity index is -0.000000168. The first kappa shape index (κ1) is 94.2. The summed E-state index contributed by atoms with van der Waals surface area (Å²) in [7, 11) is 26.5. The molecule has 400 valence electrons. The van der Waals surface area contributed by atoms with Crippen LogP contribution in [0.1, 0.15) is 30.2 Å². The molecular weight excluding hydrogens is 1240 g/mol. The second-order valence-electron chi connectivity index (χ2n) is 14.3. The number of halogens is 2. The summed E-state index contributed by atoms with van der Waals surface area (Å²) in [4.78, 5) is 6.76. The number of rotatable bonds is 7. The SMILES string of the molecule is C.C=C=C=C=C=C.Cc1cc(C)n(C(=N)N)n1.Cc1cc(C)n(C(N)=NC(=S)Nc2ccc(S(=O)(=O)[O-])cc2)n1.Nc1ccc(S(=O)(=O)[O-])cc1.O=S(=O)([O-])c1ccc(N=C=S)cc1.S=C(Cl)Cl.[B]B([B])B([B])[B].[B]B([B])B([B])[B].[Na+].[Na+].[Na+]. The van der Waals surface area contributed by atoms with Crippen molar-refractivity contribution in [3.63, 3.8) is 0 Å². The number of nitrogens with one attached hydrogen (secondary N) is 2. The van der Waals surface area contributed by atoms with Crippen molar-refractivity contribution in [2.75, 3.05) is 11.1 Å². The molecule has 0 saturated heterocycles. The van der Waals surface area contributed by atoms with Gasteiger partial charge in [0.2, 0.25) is 17.0 Å². The molecule has 0 atom stereocenters. The predicted octanol–water partition coefficient (Wildman–Crippen LogP) is -7.05. The molecule has 83 heavy (non-hydrogen) atoms. The smallest absolute Gasteiger partial charge is 0.744 e. The van der Waals surface area contributed by atoms with Gasteiger partial charge in [0.25, 0.3) is 0 Å². The minimum atomic E-state index is -4.48. The quantitative estimate of drug-likeness (QED) is 0.0148. The summed E-state index contributed by atoms with van der Waals surface area (Å²) in [6.07, 6.45) is -2.37. The van der Waals surface area contributed by atoms with Crippen LogP contribution in [0.4, 0.5) is 17.1 Å². The van der Waals surface area contributed by atoms with Crippen molar-refractivity contribution < 1.29 is 128 Å². The van der Waals surface area contributed by atoms with Gasteiger partial charge in [0.1, 0.15) is 30.4 Å². The predicted molar refractivity (Wildman–Crippen MR) is 342 cm³/mol. The van der Waals surface area contributed by atoms with Crippen LogP contribution in [0.5, 0.6) is 0 Å². The maximum absolute atomic E-state index is 10.9. The molecule has 0 aliphatic carbocycles. The summed E-state index contributed by atoms with van der Waals surface area (Å²) in [5, 5.41) is 20.2. The third-order valence-corrected chi connectivity index (χ3v) is 10.5. The maximum atomic E-state index is 10.9. The molecule has 43 heteroatoms. The maximum Gasteiger partial charge on any atom is 1.00 e. The topological polar surface area (TPSA) is 346 Å². The van der Waals surface area contributed by atoms with Crippen LogP contribution < -0.4 is 111 Å². The zero-order chi connectivity index (χ0) is 62.0. The number of nitrogens with two attached hydrogens (primary N) is 3. The number of aryl methyl sites for hydroxylation is 4. The van der Waals surface area contributed by atoms with Crippen LogP contribution in [0, 0.1) is 33.1 Å². The van der Waals surface area contributed by atoms with Crippen molar-refractivity contribution in [2.24, 2.45) is 21.5 Å². The van der Waals surface area contributed by atoms with E-state index in [2.05, 4.69) is 91.2 Å². The van der Waals surface area contributed by atoms with Crippen LogP contribution in [0.15, 0.2) is 146 Å². The van der Waals surface area contributed by atoms with Crippen molar-refractivity contribution in [3.05, 3.63) is 144 Å². The Morgan fingerprint density at radius 2 is 0.952 bits per heavy atom. The molecule has 0 bridgehead atoms. The third-order valence-electron chi connectivity index (χ3n) is 7.67.